The molecule has 1 unspecified atom stereocenters. The number of piperazine rings is 1. The minimum atomic E-state index is -0.288. The van der Waals surface area contributed by atoms with Crippen molar-refractivity contribution in [2.45, 2.75) is 6.04 Å². The van der Waals surface area contributed by atoms with Gasteiger partial charge in [-0.25, -0.2) is 0 Å². The maximum Gasteiger partial charge on any atom is 0.240 e. The van der Waals surface area contributed by atoms with Gasteiger partial charge in [0.25, 0.3) is 0 Å². The molecule has 17 heavy (non-hydrogen) atoms. The van der Waals surface area contributed by atoms with Gasteiger partial charge in [-0.1, -0.05) is 0 Å². The van der Waals surface area contributed by atoms with E-state index in [1.165, 1.54) is 0 Å². The standard InChI is InChI=1S/C10H15N5O2/c1-14-4-7(3-12-14)8(2-11)15-5-9(16)13-10(17)6-15/h3-4,8H,2,5-6,11H2,1H3,(H,13,16,17). The number of nitrogens with one attached hydrogen (secondary N) is 1. The number of imide groups is 1. The number of aromatic nitrogens is 2. The highest BCUT2D eigenvalue weighted by Crippen LogP contribution is 2.19. The second kappa shape index (κ2) is 4.64. The van der Waals surface area contributed by atoms with Crippen LogP contribution in [0.3, 0.4) is 0 Å². The van der Waals surface area contributed by atoms with Crippen LogP contribution in [0, 0.1) is 0 Å². The van der Waals surface area contributed by atoms with Crippen LogP contribution >= 0.6 is 0 Å². The molecule has 7 heteroatoms. The summed E-state index contributed by atoms with van der Waals surface area (Å²) in [6, 6.07) is -0.154. The monoisotopic (exact) mass is 237 g/mol. The minimum absolute atomic E-state index is 0.154. The zero-order chi connectivity index (χ0) is 12.4. The fourth-order valence-electron chi connectivity index (χ4n) is 1.99. The Labute approximate surface area is 98.6 Å². The van der Waals surface area contributed by atoms with Gasteiger partial charge in [-0.2, -0.15) is 5.10 Å². The van der Waals surface area contributed by atoms with Crippen molar-refractivity contribution in [3.63, 3.8) is 0 Å². The molecule has 92 valence electrons. The van der Waals surface area contributed by atoms with Gasteiger partial charge in [0.05, 0.1) is 25.3 Å². The highest BCUT2D eigenvalue weighted by atomic mass is 16.2. The lowest BCUT2D eigenvalue weighted by molar-refractivity contribution is -0.137. The summed E-state index contributed by atoms with van der Waals surface area (Å²) in [5.41, 5.74) is 6.63. The number of amides is 2. The van der Waals surface area contributed by atoms with E-state index < -0.39 is 0 Å². The molecule has 7 nitrogen and oxygen atoms in total. The molecule has 0 bridgehead atoms. The molecule has 3 N–H and O–H groups in total. The predicted molar refractivity (Wildman–Crippen MR) is 59.7 cm³/mol. The van der Waals surface area contributed by atoms with Crippen molar-refractivity contribution in [3.05, 3.63) is 18.0 Å². The van der Waals surface area contributed by atoms with Crippen LogP contribution in [0.4, 0.5) is 0 Å². The maximum absolute atomic E-state index is 11.3. The third kappa shape index (κ3) is 2.51. The summed E-state index contributed by atoms with van der Waals surface area (Å²) in [5.74, 6) is -0.577. The van der Waals surface area contributed by atoms with Crippen molar-refractivity contribution in [2.75, 3.05) is 19.6 Å². The number of nitrogens with zero attached hydrogens (tertiary/aromatic N) is 3. The summed E-state index contributed by atoms with van der Waals surface area (Å²) < 4.78 is 1.67. The van der Waals surface area contributed by atoms with Crippen LogP contribution in [-0.4, -0.2) is 46.1 Å². The third-order valence-corrected chi connectivity index (χ3v) is 2.75. The van der Waals surface area contributed by atoms with Crippen LogP contribution in [0.15, 0.2) is 12.4 Å². The maximum atomic E-state index is 11.3. The largest absolute Gasteiger partial charge is 0.329 e. The Kier molecular flexibility index (Phi) is 3.21. The second-order valence-corrected chi connectivity index (χ2v) is 4.08. The van der Waals surface area contributed by atoms with Crippen molar-refractivity contribution in [3.8, 4) is 0 Å². The number of hydrogen-bond donors (Lipinski definition) is 2. The van der Waals surface area contributed by atoms with Crippen LogP contribution in [-0.2, 0) is 16.6 Å². The Bertz CT molecular complexity index is 426. The Hall–Kier alpha value is -1.73. The van der Waals surface area contributed by atoms with Gasteiger partial charge in [0.2, 0.25) is 11.8 Å². The third-order valence-electron chi connectivity index (χ3n) is 2.75. The summed E-state index contributed by atoms with van der Waals surface area (Å²) in [7, 11) is 1.81. The molecule has 0 aliphatic carbocycles. The topological polar surface area (TPSA) is 93.2 Å². The second-order valence-electron chi connectivity index (χ2n) is 4.08. The lowest BCUT2D eigenvalue weighted by Gasteiger charge is -2.31. The van der Waals surface area contributed by atoms with Crippen molar-refractivity contribution in [2.24, 2.45) is 12.8 Å². The Balaban J connectivity index is 2.18. The van der Waals surface area contributed by atoms with Gasteiger partial charge >= 0.3 is 0 Å². The normalized spacial score (nSPS) is 19.2. The van der Waals surface area contributed by atoms with Crippen LogP contribution in [0.2, 0.25) is 0 Å². The molecule has 0 aromatic carbocycles. The lowest BCUT2D eigenvalue weighted by Crippen LogP contribution is -2.53. The number of hydrogen-bond acceptors (Lipinski definition) is 5. The Morgan fingerprint density at radius 1 is 1.47 bits per heavy atom. The van der Waals surface area contributed by atoms with E-state index in [0.717, 1.165) is 5.56 Å². The molecule has 1 saturated heterocycles. The predicted octanol–water partition coefficient (Wildman–Crippen LogP) is -1.62. The van der Waals surface area contributed by atoms with Gasteiger partial charge < -0.3 is 5.73 Å². The Morgan fingerprint density at radius 2 is 2.12 bits per heavy atom. The quantitative estimate of drug-likeness (QED) is 0.616. The molecular weight excluding hydrogens is 222 g/mol. The average molecular weight is 237 g/mol. The van der Waals surface area contributed by atoms with Crippen LogP contribution in [0.25, 0.3) is 0 Å². The first-order chi connectivity index (χ1) is 8.10. The molecule has 1 aromatic heterocycles. The van der Waals surface area contributed by atoms with Crippen molar-refractivity contribution < 1.29 is 9.59 Å². The van der Waals surface area contributed by atoms with Gasteiger partial charge in [-0.05, 0) is 0 Å². The first kappa shape index (κ1) is 11.7. The number of nitrogens with two attached hydrogens (primary N) is 1. The molecule has 1 fully saturated rings. The minimum Gasteiger partial charge on any atom is -0.329 e. The number of rotatable bonds is 3. The molecule has 0 spiro atoms. The summed E-state index contributed by atoms with van der Waals surface area (Å²) >= 11 is 0. The van der Waals surface area contributed by atoms with E-state index in [4.69, 9.17) is 5.73 Å². The van der Waals surface area contributed by atoms with Crippen molar-refractivity contribution in [1.29, 1.82) is 0 Å². The van der Waals surface area contributed by atoms with E-state index >= 15 is 0 Å². The fourth-order valence-corrected chi connectivity index (χ4v) is 1.99. The molecular formula is C10H15N5O2. The molecule has 1 aliphatic heterocycles. The highest BCUT2D eigenvalue weighted by Gasteiger charge is 2.29. The smallest absolute Gasteiger partial charge is 0.240 e. The van der Waals surface area contributed by atoms with Gasteiger partial charge in [-0.3, -0.25) is 24.5 Å². The summed E-state index contributed by atoms with van der Waals surface area (Å²) in [5, 5.41) is 6.33. The van der Waals surface area contributed by atoms with E-state index in [1.807, 2.05) is 13.2 Å². The molecule has 0 radical (unpaired) electrons. The van der Waals surface area contributed by atoms with E-state index in [2.05, 4.69) is 10.4 Å². The highest BCUT2D eigenvalue weighted by molar-refractivity contribution is 5.99. The summed E-state index contributed by atoms with van der Waals surface area (Å²) in [6.45, 7) is 0.706. The molecule has 0 saturated carbocycles. The molecule has 2 heterocycles. The van der Waals surface area contributed by atoms with Gasteiger partial charge in [0, 0.05) is 25.4 Å². The van der Waals surface area contributed by atoms with Crippen LogP contribution in [0.5, 0.6) is 0 Å². The lowest BCUT2D eigenvalue weighted by atomic mass is 10.1. The number of aryl methyl sites for hydroxylation is 1. The molecule has 2 rings (SSSR count). The van der Waals surface area contributed by atoms with Crippen molar-refractivity contribution >= 4 is 11.8 Å². The number of carbonyl (C=O) groups is 2. The molecule has 1 aliphatic rings. The molecule has 2 amide bonds. The van der Waals surface area contributed by atoms with Gasteiger partial charge in [0.1, 0.15) is 0 Å². The fraction of sp³-hybridized carbons (Fsp3) is 0.500. The van der Waals surface area contributed by atoms with Gasteiger partial charge in [0.15, 0.2) is 0 Å². The number of carbonyl (C=O) groups excluding carboxylic acids is 2. The SMILES string of the molecule is Cn1cc(C(CN)N2CC(=O)NC(=O)C2)cn1. The first-order valence-electron chi connectivity index (χ1n) is 5.35. The van der Waals surface area contributed by atoms with E-state index in [-0.39, 0.29) is 30.9 Å². The zero-order valence-corrected chi connectivity index (χ0v) is 9.59. The van der Waals surface area contributed by atoms with Crippen molar-refractivity contribution in [1.82, 2.24) is 20.0 Å². The van der Waals surface area contributed by atoms with E-state index in [0.29, 0.717) is 6.54 Å². The van der Waals surface area contributed by atoms with Gasteiger partial charge in [-0.15, -0.1) is 0 Å². The van der Waals surface area contributed by atoms with Crippen LogP contribution in [0.1, 0.15) is 11.6 Å². The first-order valence-corrected chi connectivity index (χ1v) is 5.35. The van der Waals surface area contributed by atoms with Crippen LogP contribution < -0.4 is 11.1 Å². The molecule has 1 aromatic rings. The Morgan fingerprint density at radius 3 is 2.59 bits per heavy atom. The average Bonchev–Trinajstić information content (AvgIpc) is 2.64. The summed E-state index contributed by atoms with van der Waals surface area (Å²) in [4.78, 5) is 24.4. The zero-order valence-electron chi connectivity index (χ0n) is 9.59. The van der Waals surface area contributed by atoms with E-state index in [1.54, 1.807) is 15.8 Å². The van der Waals surface area contributed by atoms with E-state index in [9.17, 15) is 9.59 Å². The molecule has 1 atom stereocenters. The summed E-state index contributed by atoms with van der Waals surface area (Å²) in [6.07, 6.45) is 3.54.